The number of aromatic nitrogens is 2. The van der Waals surface area contributed by atoms with Gasteiger partial charge in [0.25, 0.3) is 0 Å². The highest BCUT2D eigenvalue weighted by atomic mass is 32.1. The van der Waals surface area contributed by atoms with E-state index in [1.807, 2.05) is 6.92 Å². The van der Waals surface area contributed by atoms with Crippen LogP contribution in [0.5, 0.6) is 0 Å². The number of amidine groups is 1. The van der Waals surface area contributed by atoms with E-state index < -0.39 is 24.1 Å². The first-order valence-corrected chi connectivity index (χ1v) is 10.3. The van der Waals surface area contributed by atoms with E-state index in [9.17, 15) is 14.4 Å². The number of carbonyl (C=O) groups excluding carboxylic acids is 3. The second kappa shape index (κ2) is 11.7. The van der Waals surface area contributed by atoms with Crippen LogP contribution in [0.4, 0.5) is 4.79 Å². The third-order valence-electron chi connectivity index (χ3n) is 3.96. The van der Waals surface area contributed by atoms with Gasteiger partial charge in [-0.1, -0.05) is 48.9 Å². The fourth-order valence-electron chi connectivity index (χ4n) is 2.28. The normalized spacial score (nSPS) is 11.4. The molecular formula is C19H24N6O5S. The van der Waals surface area contributed by atoms with E-state index in [4.69, 9.17) is 26.4 Å². The van der Waals surface area contributed by atoms with Gasteiger partial charge in [0.05, 0.1) is 6.61 Å². The van der Waals surface area contributed by atoms with E-state index >= 15 is 0 Å². The van der Waals surface area contributed by atoms with Gasteiger partial charge in [0.1, 0.15) is 28.3 Å². The second-order valence-corrected chi connectivity index (χ2v) is 7.45. The zero-order chi connectivity index (χ0) is 22.8. The number of rotatable bonds is 10. The number of benzene rings is 1. The van der Waals surface area contributed by atoms with Crippen LogP contribution in [-0.2, 0) is 25.5 Å². The van der Waals surface area contributed by atoms with Crippen LogP contribution >= 0.6 is 11.3 Å². The van der Waals surface area contributed by atoms with Gasteiger partial charge < -0.3 is 26.3 Å². The third-order valence-corrected chi connectivity index (χ3v) is 4.94. The summed E-state index contributed by atoms with van der Waals surface area (Å²) in [6.45, 7) is 1.90. The molecule has 1 unspecified atom stereocenters. The fraction of sp³-hybridized carbons (Fsp3) is 0.368. The van der Waals surface area contributed by atoms with E-state index in [1.54, 1.807) is 24.3 Å². The maximum atomic E-state index is 12.1. The Morgan fingerprint density at radius 3 is 2.55 bits per heavy atom. The van der Waals surface area contributed by atoms with Gasteiger partial charge >= 0.3 is 18.0 Å². The van der Waals surface area contributed by atoms with Crippen LogP contribution in [0.15, 0.2) is 24.3 Å². The zero-order valence-corrected chi connectivity index (χ0v) is 17.7. The van der Waals surface area contributed by atoms with Gasteiger partial charge in [-0.05, 0) is 6.42 Å². The van der Waals surface area contributed by atoms with Crippen LogP contribution < -0.4 is 16.8 Å². The zero-order valence-electron chi connectivity index (χ0n) is 16.9. The molecule has 0 aliphatic carbocycles. The summed E-state index contributed by atoms with van der Waals surface area (Å²) >= 11 is 1.16. The Labute approximate surface area is 182 Å². The number of amides is 1. The second-order valence-electron chi connectivity index (χ2n) is 6.38. The van der Waals surface area contributed by atoms with Crippen molar-refractivity contribution < 1.29 is 23.9 Å². The molecule has 0 radical (unpaired) electrons. The van der Waals surface area contributed by atoms with Crippen molar-refractivity contribution >= 4 is 35.2 Å². The maximum Gasteiger partial charge on any atom is 0.407 e. The summed E-state index contributed by atoms with van der Waals surface area (Å²) in [7, 11) is 0. The molecule has 0 saturated heterocycles. The van der Waals surface area contributed by atoms with Gasteiger partial charge in [-0.15, -0.1) is 10.2 Å². The average molecular weight is 449 g/mol. The topological polar surface area (TPSA) is 183 Å². The lowest BCUT2D eigenvalue weighted by molar-refractivity contribution is -0.160. The van der Waals surface area contributed by atoms with E-state index in [2.05, 4.69) is 15.5 Å². The smallest absolute Gasteiger partial charge is 0.407 e. The lowest BCUT2D eigenvalue weighted by Gasteiger charge is -2.14. The van der Waals surface area contributed by atoms with Gasteiger partial charge in [0.2, 0.25) is 0 Å². The first kappa shape index (κ1) is 23.9. The highest BCUT2D eigenvalue weighted by Gasteiger charge is 2.24. The molecule has 0 aliphatic rings. The molecule has 0 spiro atoms. The molecule has 6 N–H and O–H groups in total. The SMILES string of the molecule is CCCCOC(=O)NC(CN)C(=O)OC(=O)Cc1nnc(-c2ccc(C(=N)N)cc2)s1. The number of esters is 2. The average Bonchev–Trinajstić information content (AvgIpc) is 3.20. The van der Waals surface area contributed by atoms with Crippen molar-refractivity contribution in [2.45, 2.75) is 32.2 Å². The largest absolute Gasteiger partial charge is 0.450 e. The summed E-state index contributed by atoms with van der Waals surface area (Å²) in [4.78, 5) is 35.8. The van der Waals surface area contributed by atoms with E-state index in [0.29, 0.717) is 22.0 Å². The lowest BCUT2D eigenvalue weighted by atomic mass is 10.1. The lowest BCUT2D eigenvalue weighted by Crippen LogP contribution is -2.47. The molecule has 11 nitrogen and oxygen atoms in total. The Bertz CT molecular complexity index is 930. The van der Waals surface area contributed by atoms with E-state index in [-0.39, 0.29) is 25.4 Å². The van der Waals surface area contributed by atoms with Crippen molar-refractivity contribution in [3.05, 3.63) is 34.8 Å². The molecule has 1 aromatic carbocycles. The Morgan fingerprint density at radius 2 is 1.94 bits per heavy atom. The van der Waals surface area contributed by atoms with Gasteiger partial charge in [-0.25, -0.2) is 9.59 Å². The van der Waals surface area contributed by atoms with Crippen molar-refractivity contribution in [3.63, 3.8) is 0 Å². The molecule has 1 heterocycles. The van der Waals surface area contributed by atoms with Crippen LogP contribution in [0.2, 0.25) is 0 Å². The molecule has 31 heavy (non-hydrogen) atoms. The van der Waals surface area contributed by atoms with Crippen LogP contribution in [0.25, 0.3) is 10.6 Å². The van der Waals surface area contributed by atoms with Crippen molar-refractivity contribution in [2.75, 3.05) is 13.2 Å². The fourth-order valence-corrected chi connectivity index (χ4v) is 3.11. The summed E-state index contributed by atoms with van der Waals surface area (Å²) in [6, 6.07) is 5.63. The summed E-state index contributed by atoms with van der Waals surface area (Å²) in [5.74, 6) is -1.87. The van der Waals surface area contributed by atoms with Crippen molar-refractivity contribution in [1.29, 1.82) is 5.41 Å². The monoisotopic (exact) mass is 448 g/mol. The van der Waals surface area contributed by atoms with Gasteiger partial charge in [0.15, 0.2) is 0 Å². The summed E-state index contributed by atoms with van der Waals surface area (Å²) in [5.41, 5.74) is 12.2. The highest BCUT2D eigenvalue weighted by molar-refractivity contribution is 7.14. The number of alkyl carbamates (subject to hydrolysis) is 1. The quantitative estimate of drug-likeness (QED) is 0.135. The molecule has 2 rings (SSSR count). The van der Waals surface area contributed by atoms with Crippen LogP contribution in [0, 0.1) is 5.41 Å². The Morgan fingerprint density at radius 1 is 1.23 bits per heavy atom. The number of carbonyl (C=O) groups is 3. The van der Waals surface area contributed by atoms with Crippen molar-refractivity contribution in [3.8, 4) is 10.6 Å². The van der Waals surface area contributed by atoms with Crippen LogP contribution in [0.1, 0.15) is 30.3 Å². The molecule has 0 fully saturated rings. The number of ether oxygens (including phenoxy) is 2. The molecule has 0 aliphatic heterocycles. The molecule has 1 atom stereocenters. The van der Waals surface area contributed by atoms with E-state index in [1.165, 1.54) is 0 Å². The van der Waals surface area contributed by atoms with Crippen LogP contribution in [0.3, 0.4) is 0 Å². The minimum atomic E-state index is -1.21. The molecule has 2 aromatic rings. The number of hydrogen-bond donors (Lipinski definition) is 4. The standard InChI is InChI=1S/C19H24N6O5S/c1-2-3-8-29-19(28)23-13(10-20)18(27)30-15(26)9-14-24-25-17(31-14)12-6-4-11(5-7-12)16(21)22/h4-7,13H,2-3,8-10,20H2,1H3,(H3,21,22)(H,23,28). The summed E-state index contributed by atoms with van der Waals surface area (Å²) in [6.07, 6.45) is 0.459. The molecular weight excluding hydrogens is 424 g/mol. The minimum absolute atomic E-state index is 0.0450. The number of nitrogen functional groups attached to an aromatic ring is 1. The third kappa shape index (κ3) is 7.42. The number of nitrogens with one attached hydrogen (secondary N) is 2. The number of unbranched alkanes of at least 4 members (excludes halogenated alkanes) is 1. The van der Waals surface area contributed by atoms with Crippen LogP contribution in [-0.4, -0.2) is 53.3 Å². The minimum Gasteiger partial charge on any atom is -0.450 e. The van der Waals surface area contributed by atoms with Gasteiger partial charge in [-0.2, -0.15) is 0 Å². The number of hydrogen-bond acceptors (Lipinski definition) is 10. The molecule has 1 aromatic heterocycles. The maximum absolute atomic E-state index is 12.1. The Hall–Kier alpha value is -3.38. The van der Waals surface area contributed by atoms with Gasteiger partial charge in [0, 0.05) is 17.7 Å². The first-order valence-electron chi connectivity index (χ1n) is 9.49. The van der Waals surface area contributed by atoms with Crippen molar-refractivity contribution in [1.82, 2.24) is 15.5 Å². The molecule has 0 bridgehead atoms. The molecule has 166 valence electrons. The molecule has 0 saturated carbocycles. The van der Waals surface area contributed by atoms with E-state index in [0.717, 1.165) is 23.3 Å². The first-order chi connectivity index (χ1) is 14.8. The summed E-state index contributed by atoms with van der Waals surface area (Å²) < 4.78 is 9.66. The molecule has 1 amide bonds. The number of nitrogens with zero attached hydrogens (tertiary/aromatic N) is 2. The Balaban J connectivity index is 1.89. The Kier molecular flexibility index (Phi) is 9.03. The van der Waals surface area contributed by atoms with Crippen molar-refractivity contribution in [2.24, 2.45) is 11.5 Å². The molecule has 12 heteroatoms. The predicted molar refractivity (Wildman–Crippen MR) is 113 cm³/mol. The predicted octanol–water partition coefficient (Wildman–Crippen LogP) is 0.955. The number of nitrogens with two attached hydrogens (primary N) is 2. The summed E-state index contributed by atoms with van der Waals surface area (Å²) in [5, 5.41) is 18.5. The van der Waals surface area contributed by atoms with Gasteiger partial charge in [-0.3, -0.25) is 10.2 Å². The highest BCUT2D eigenvalue weighted by Crippen LogP contribution is 2.24.